The molecular formula is C20H20N4O4S. The van der Waals surface area contributed by atoms with Gasteiger partial charge in [-0.3, -0.25) is 9.52 Å². The van der Waals surface area contributed by atoms with Crippen LogP contribution in [0.2, 0.25) is 0 Å². The fraction of sp³-hybridized carbons (Fsp3) is 0.250. The molecule has 4 rings (SSSR count). The Labute approximate surface area is 168 Å². The van der Waals surface area contributed by atoms with Gasteiger partial charge in [-0.1, -0.05) is 24.3 Å². The van der Waals surface area contributed by atoms with Crippen LogP contribution in [0, 0.1) is 0 Å². The predicted molar refractivity (Wildman–Crippen MR) is 107 cm³/mol. The molecule has 0 aliphatic carbocycles. The Morgan fingerprint density at radius 3 is 2.69 bits per heavy atom. The molecule has 2 heterocycles. The fourth-order valence-corrected chi connectivity index (χ4v) is 4.44. The number of aryl methyl sites for hydroxylation is 2. The summed E-state index contributed by atoms with van der Waals surface area (Å²) in [6.07, 6.45) is 2.30. The smallest absolute Gasteiger partial charge is 0.303 e. The number of nitrogens with zero attached hydrogens (tertiary/aromatic N) is 3. The van der Waals surface area contributed by atoms with Crippen molar-refractivity contribution >= 4 is 21.7 Å². The van der Waals surface area contributed by atoms with Gasteiger partial charge in [-0.25, -0.2) is 8.42 Å². The SMILES string of the molecule is O=C(O)CCc1ccc(S(=O)(=O)Nc2cccc(-c3nnc4n3CCC4)c2)cc1. The highest BCUT2D eigenvalue weighted by Gasteiger charge is 2.19. The number of carboxylic acids is 1. The first-order valence-corrected chi connectivity index (χ1v) is 10.8. The molecule has 1 aromatic heterocycles. The van der Waals surface area contributed by atoms with Gasteiger partial charge in [0.2, 0.25) is 0 Å². The number of aliphatic carboxylic acids is 1. The maximum absolute atomic E-state index is 12.7. The zero-order chi connectivity index (χ0) is 20.4. The van der Waals surface area contributed by atoms with Crippen LogP contribution >= 0.6 is 0 Å². The van der Waals surface area contributed by atoms with E-state index in [4.69, 9.17) is 5.11 Å². The summed E-state index contributed by atoms with van der Waals surface area (Å²) in [6, 6.07) is 13.3. The molecule has 0 saturated carbocycles. The van der Waals surface area contributed by atoms with Crippen LogP contribution in [0.4, 0.5) is 5.69 Å². The van der Waals surface area contributed by atoms with Gasteiger partial charge in [0.25, 0.3) is 10.0 Å². The lowest BCUT2D eigenvalue weighted by Gasteiger charge is -2.10. The van der Waals surface area contributed by atoms with E-state index in [1.54, 1.807) is 30.3 Å². The maximum Gasteiger partial charge on any atom is 0.303 e. The summed E-state index contributed by atoms with van der Waals surface area (Å²) in [6.45, 7) is 0.863. The van der Waals surface area contributed by atoms with Crippen molar-refractivity contribution in [2.45, 2.75) is 37.1 Å². The van der Waals surface area contributed by atoms with Crippen LogP contribution in [-0.2, 0) is 34.2 Å². The van der Waals surface area contributed by atoms with Gasteiger partial charge in [-0.2, -0.15) is 0 Å². The Morgan fingerprint density at radius 2 is 1.93 bits per heavy atom. The van der Waals surface area contributed by atoms with Gasteiger partial charge >= 0.3 is 5.97 Å². The molecule has 0 unspecified atom stereocenters. The fourth-order valence-electron chi connectivity index (χ4n) is 3.39. The Kier molecular flexibility index (Phi) is 5.06. The van der Waals surface area contributed by atoms with E-state index in [2.05, 4.69) is 19.5 Å². The van der Waals surface area contributed by atoms with E-state index in [9.17, 15) is 13.2 Å². The highest BCUT2D eigenvalue weighted by Crippen LogP contribution is 2.26. The number of rotatable bonds is 7. The Balaban J connectivity index is 1.53. The van der Waals surface area contributed by atoms with Gasteiger partial charge in [0, 0.05) is 30.6 Å². The molecule has 2 aromatic carbocycles. The van der Waals surface area contributed by atoms with Crippen molar-refractivity contribution in [2.24, 2.45) is 0 Å². The predicted octanol–water partition coefficient (Wildman–Crippen LogP) is 2.71. The number of carbonyl (C=O) groups is 1. The van der Waals surface area contributed by atoms with E-state index in [0.717, 1.165) is 42.2 Å². The van der Waals surface area contributed by atoms with Gasteiger partial charge in [-0.05, 0) is 42.7 Å². The minimum absolute atomic E-state index is 0.00344. The minimum Gasteiger partial charge on any atom is -0.481 e. The summed E-state index contributed by atoms with van der Waals surface area (Å²) in [5.74, 6) is 0.803. The number of anilines is 1. The Hall–Kier alpha value is -3.20. The average molecular weight is 412 g/mol. The van der Waals surface area contributed by atoms with Crippen molar-refractivity contribution in [3.63, 3.8) is 0 Å². The zero-order valence-corrected chi connectivity index (χ0v) is 16.4. The number of aromatic nitrogens is 3. The maximum atomic E-state index is 12.7. The van der Waals surface area contributed by atoms with Crippen molar-refractivity contribution in [1.29, 1.82) is 0 Å². The number of sulfonamides is 1. The van der Waals surface area contributed by atoms with Gasteiger partial charge in [0.1, 0.15) is 5.82 Å². The topological polar surface area (TPSA) is 114 Å². The van der Waals surface area contributed by atoms with Gasteiger partial charge in [-0.15, -0.1) is 10.2 Å². The second-order valence-corrected chi connectivity index (χ2v) is 8.60. The second-order valence-electron chi connectivity index (χ2n) is 6.92. The summed E-state index contributed by atoms with van der Waals surface area (Å²) >= 11 is 0. The molecular weight excluding hydrogens is 392 g/mol. The minimum atomic E-state index is -3.77. The molecule has 0 radical (unpaired) electrons. The van der Waals surface area contributed by atoms with Crippen LogP contribution in [0.5, 0.6) is 0 Å². The van der Waals surface area contributed by atoms with Crippen molar-refractivity contribution < 1.29 is 18.3 Å². The lowest BCUT2D eigenvalue weighted by Crippen LogP contribution is -2.13. The molecule has 29 heavy (non-hydrogen) atoms. The van der Waals surface area contributed by atoms with Crippen LogP contribution in [0.15, 0.2) is 53.4 Å². The van der Waals surface area contributed by atoms with Crippen LogP contribution in [0.3, 0.4) is 0 Å². The summed E-state index contributed by atoms with van der Waals surface area (Å²) in [4.78, 5) is 10.8. The van der Waals surface area contributed by atoms with E-state index in [1.807, 2.05) is 6.07 Å². The van der Waals surface area contributed by atoms with Crippen molar-refractivity contribution in [2.75, 3.05) is 4.72 Å². The number of benzene rings is 2. The van der Waals surface area contributed by atoms with Gasteiger partial charge in [0.15, 0.2) is 5.82 Å². The van der Waals surface area contributed by atoms with Gasteiger partial charge in [0.05, 0.1) is 4.90 Å². The third-order valence-corrected chi connectivity index (χ3v) is 6.24. The third-order valence-electron chi connectivity index (χ3n) is 4.84. The standard InChI is InChI=1S/C20H20N4O4S/c25-19(26)11-8-14-6-9-17(10-7-14)29(27,28)23-16-4-1-3-15(13-16)20-22-21-18-5-2-12-24(18)20/h1,3-4,6-7,9-10,13,23H,2,5,8,11-12H2,(H,25,26). The second kappa shape index (κ2) is 7.67. The molecule has 150 valence electrons. The van der Waals surface area contributed by atoms with Crippen molar-refractivity contribution in [3.05, 3.63) is 59.9 Å². The van der Waals surface area contributed by atoms with Crippen LogP contribution < -0.4 is 4.72 Å². The molecule has 8 nitrogen and oxygen atoms in total. The molecule has 2 N–H and O–H groups in total. The largest absolute Gasteiger partial charge is 0.481 e. The molecule has 0 fully saturated rings. The van der Waals surface area contributed by atoms with E-state index >= 15 is 0 Å². The molecule has 1 aliphatic heterocycles. The highest BCUT2D eigenvalue weighted by atomic mass is 32.2. The monoisotopic (exact) mass is 412 g/mol. The number of nitrogens with one attached hydrogen (secondary N) is 1. The number of carboxylic acid groups (broad SMARTS) is 1. The molecule has 0 spiro atoms. The molecule has 9 heteroatoms. The van der Waals surface area contributed by atoms with E-state index < -0.39 is 16.0 Å². The number of fused-ring (bicyclic) bond motifs is 1. The molecule has 0 amide bonds. The average Bonchev–Trinajstić information content (AvgIpc) is 3.30. The highest BCUT2D eigenvalue weighted by molar-refractivity contribution is 7.92. The molecule has 3 aromatic rings. The third kappa shape index (κ3) is 4.14. The van der Waals surface area contributed by atoms with Crippen molar-refractivity contribution in [3.8, 4) is 11.4 Å². The summed E-state index contributed by atoms with van der Waals surface area (Å²) in [5, 5.41) is 17.2. The van der Waals surface area contributed by atoms with E-state index in [-0.39, 0.29) is 11.3 Å². The van der Waals surface area contributed by atoms with Crippen LogP contribution in [0.25, 0.3) is 11.4 Å². The normalized spacial score (nSPS) is 13.2. The van der Waals surface area contributed by atoms with E-state index in [0.29, 0.717) is 12.1 Å². The quantitative estimate of drug-likeness (QED) is 0.617. The number of hydrogen-bond acceptors (Lipinski definition) is 5. The summed E-state index contributed by atoms with van der Waals surface area (Å²) in [7, 11) is -3.77. The molecule has 0 saturated heterocycles. The first-order chi connectivity index (χ1) is 13.9. The lowest BCUT2D eigenvalue weighted by molar-refractivity contribution is -0.136. The van der Waals surface area contributed by atoms with Crippen LogP contribution in [-0.4, -0.2) is 34.3 Å². The first-order valence-electron chi connectivity index (χ1n) is 9.28. The zero-order valence-electron chi connectivity index (χ0n) is 15.6. The molecule has 1 aliphatic rings. The molecule has 0 atom stereocenters. The summed E-state index contributed by atoms with van der Waals surface area (Å²) in [5.41, 5.74) is 2.01. The lowest BCUT2D eigenvalue weighted by atomic mass is 10.1. The number of hydrogen-bond donors (Lipinski definition) is 2. The molecule has 0 bridgehead atoms. The Morgan fingerprint density at radius 1 is 1.14 bits per heavy atom. The Bertz CT molecular complexity index is 1150. The summed E-state index contributed by atoms with van der Waals surface area (Å²) < 4.78 is 30.1. The van der Waals surface area contributed by atoms with Crippen molar-refractivity contribution in [1.82, 2.24) is 14.8 Å². The first kappa shape index (κ1) is 19.1. The van der Waals surface area contributed by atoms with Crippen LogP contribution in [0.1, 0.15) is 24.2 Å². The van der Waals surface area contributed by atoms with Gasteiger partial charge < -0.3 is 9.67 Å². The van der Waals surface area contributed by atoms with E-state index in [1.165, 1.54) is 12.1 Å².